The molecule has 0 aliphatic heterocycles. The first-order chi connectivity index (χ1) is 23.3. The Hall–Kier alpha value is -5.24. The first-order valence-corrected chi connectivity index (χ1v) is 17.2. The summed E-state index contributed by atoms with van der Waals surface area (Å²) in [5.74, 6) is 0. The molecular formula is C46H34S. The van der Waals surface area contributed by atoms with E-state index in [2.05, 4.69) is 148 Å². The van der Waals surface area contributed by atoms with Crippen molar-refractivity contribution in [2.75, 3.05) is 0 Å². The van der Waals surface area contributed by atoms with Crippen LogP contribution in [0.4, 0.5) is 0 Å². The van der Waals surface area contributed by atoms with Gasteiger partial charge in [-0.3, -0.25) is 0 Å². The number of hydrogen-bond donors (Lipinski definition) is 0. The molecule has 47 heavy (non-hydrogen) atoms. The summed E-state index contributed by atoms with van der Waals surface area (Å²) >= 11 is 1.90. The van der Waals surface area contributed by atoms with Gasteiger partial charge in [0.2, 0.25) is 0 Å². The third kappa shape index (κ3) is 4.57. The monoisotopic (exact) mass is 619 g/mol. The van der Waals surface area contributed by atoms with Crippen LogP contribution < -0.4 is 0 Å². The Balaban J connectivity index is 1.25. The van der Waals surface area contributed by atoms with Gasteiger partial charge in [-0.15, -0.1) is 11.3 Å². The van der Waals surface area contributed by atoms with E-state index in [0.717, 1.165) is 10.8 Å². The van der Waals surface area contributed by atoms with E-state index in [1.54, 1.807) is 0 Å². The minimum absolute atomic E-state index is 0.107. The van der Waals surface area contributed by atoms with Gasteiger partial charge >= 0.3 is 0 Å². The fourth-order valence-corrected chi connectivity index (χ4v) is 8.54. The van der Waals surface area contributed by atoms with Crippen molar-refractivity contribution in [1.29, 1.82) is 0 Å². The first-order valence-electron chi connectivity index (χ1n) is 16.8. The van der Waals surface area contributed by atoms with Crippen molar-refractivity contribution in [3.63, 3.8) is 0 Å². The second-order valence-electron chi connectivity index (χ2n) is 13.6. The molecule has 0 saturated carbocycles. The van der Waals surface area contributed by atoms with Gasteiger partial charge in [0.25, 0.3) is 0 Å². The van der Waals surface area contributed by atoms with Crippen LogP contribution in [0.1, 0.15) is 27.7 Å². The molecule has 0 atom stereocenters. The SMILES string of the molecule is [2H]c1ccc2cc(-c3ccc(-c4c5ccccc5c(-c5cccc6sc7cc(C(C)(C)C)ccc7c56)c5ccccc45)cc3)ccc2c1. The molecule has 0 radical (unpaired) electrons. The topological polar surface area (TPSA) is 0 Å². The lowest BCUT2D eigenvalue weighted by atomic mass is 9.84. The third-order valence-electron chi connectivity index (χ3n) is 9.76. The average molecular weight is 620 g/mol. The number of fused-ring (bicyclic) bond motifs is 6. The van der Waals surface area contributed by atoms with Crippen LogP contribution in [-0.2, 0) is 5.41 Å². The zero-order valence-electron chi connectivity index (χ0n) is 27.8. The maximum absolute atomic E-state index is 7.96. The van der Waals surface area contributed by atoms with Crippen molar-refractivity contribution < 1.29 is 1.37 Å². The van der Waals surface area contributed by atoms with Crippen molar-refractivity contribution in [1.82, 2.24) is 0 Å². The molecule has 0 unspecified atom stereocenters. The highest BCUT2D eigenvalue weighted by Crippen LogP contribution is 2.48. The molecule has 0 nitrogen and oxygen atoms in total. The third-order valence-corrected chi connectivity index (χ3v) is 10.9. The van der Waals surface area contributed by atoms with E-state index in [-0.39, 0.29) is 5.41 Å². The van der Waals surface area contributed by atoms with Gasteiger partial charge in [0.15, 0.2) is 0 Å². The number of rotatable bonds is 3. The highest BCUT2D eigenvalue weighted by molar-refractivity contribution is 7.26. The predicted molar refractivity (Wildman–Crippen MR) is 207 cm³/mol. The van der Waals surface area contributed by atoms with Crippen LogP contribution in [0.25, 0.3) is 85.9 Å². The normalized spacial score (nSPS) is 12.4. The van der Waals surface area contributed by atoms with E-state index in [1.807, 2.05) is 29.5 Å². The fraction of sp³-hybridized carbons (Fsp3) is 0.0870. The molecule has 0 bridgehead atoms. The summed E-state index contributed by atoms with van der Waals surface area (Å²) in [7, 11) is 0. The summed E-state index contributed by atoms with van der Waals surface area (Å²) in [4.78, 5) is 0. The maximum atomic E-state index is 7.96. The smallest absolute Gasteiger partial charge is 0.0623 e. The molecule has 1 aromatic heterocycles. The van der Waals surface area contributed by atoms with Crippen molar-refractivity contribution in [2.45, 2.75) is 26.2 Å². The molecule has 0 N–H and O–H groups in total. The average Bonchev–Trinajstić information content (AvgIpc) is 3.49. The minimum atomic E-state index is 0.107. The number of thiophene rings is 1. The van der Waals surface area contributed by atoms with Crippen LogP contribution in [0.2, 0.25) is 0 Å². The van der Waals surface area contributed by atoms with E-state index in [9.17, 15) is 0 Å². The van der Waals surface area contributed by atoms with Gasteiger partial charge in [0, 0.05) is 20.2 Å². The van der Waals surface area contributed by atoms with E-state index in [0.29, 0.717) is 6.04 Å². The quantitative estimate of drug-likeness (QED) is 0.173. The molecule has 0 aliphatic carbocycles. The Morgan fingerprint density at radius 1 is 0.468 bits per heavy atom. The van der Waals surface area contributed by atoms with Gasteiger partial charge in [-0.2, -0.15) is 0 Å². The van der Waals surface area contributed by atoms with Gasteiger partial charge < -0.3 is 0 Å². The highest BCUT2D eigenvalue weighted by Gasteiger charge is 2.21. The Bertz CT molecular complexity index is 2650. The van der Waals surface area contributed by atoms with Gasteiger partial charge in [-0.25, -0.2) is 0 Å². The van der Waals surface area contributed by atoms with Crippen molar-refractivity contribution in [3.05, 3.63) is 157 Å². The van der Waals surface area contributed by atoms with Crippen molar-refractivity contribution in [2.24, 2.45) is 0 Å². The first kappa shape index (κ1) is 26.9. The van der Waals surface area contributed by atoms with Gasteiger partial charge in [-0.05, 0) is 94.9 Å². The summed E-state index contributed by atoms with van der Waals surface area (Å²) in [6.45, 7) is 6.87. The Kier molecular flexibility index (Phi) is 6.11. The van der Waals surface area contributed by atoms with Crippen molar-refractivity contribution >= 4 is 63.8 Å². The highest BCUT2D eigenvalue weighted by atomic mass is 32.1. The second kappa shape index (κ2) is 10.7. The molecule has 0 saturated heterocycles. The molecular weight excluding hydrogens is 585 g/mol. The molecule has 0 aliphatic rings. The molecule has 0 fully saturated rings. The Labute approximate surface area is 281 Å². The summed E-state index contributed by atoms with van der Waals surface area (Å²) < 4.78 is 10.6. The van der Waals surface area contributed by atoms with Gasteiger partial charge in [-0.1, -0.05) is 154 Å². The van der Waals surface area contributed by atoms with Crippen LogP contribution in [0.15, 0.2) is 152 Å². The lowest BCUT2D eigenvalue weighted by molar-refractivity contribution is 0.591. The Morgan fingerprint density at radius 2 is 1.13 bits per heavy atom. The standard InChI is InChI=1S/C46H34S/c1-46(2,3)34-25-26-39-42(28-34)47-41-18-10-17-40(45(39)41)44-37-15-8-6-13-35(37)43(36-14-7-9-16-38(36)44)31-22-19-30(20-23-31)33-24-21-29-11-4-5-12-32(29)27-33/h4-28H,1-3H3/i4D. The number of benzene rings is 8. The lowest BCUT2D eigenvalue weighted by Crippen LogP contribution is -2.10. The maximum Gasteiger partial charge on any atom is 0.0623 e. The molecule has 8 aromatic carbocycles. The van der Waals surface area contributed by atoms with Crippen LogP contribution >= 0.6 is 11.3 Å². The molecule has 9 aromatic rings. The summed E-state index contributed by atoms with van der Waals surface area (Å²) in [6, 6.07) is 53.7. The summed E-state index contributed by atoms with van der Waals surface area (Å²) in [5.41, 5.74) is 8.94. The van der Waals surface area contributed by atoms with Crippen LogP contribution in [0.3, 0.4) is 0 Å². The van der Waals surface area contributed by atoms with E-state index >= 15 is 0 Å². The molecule has 1 heterocycles. The van der Waals surface area contributed by atoms with Crippen LogP contribution in [0.5, 0.6) is 0 Å². The fourth-order valence-electron chi connectivity index (χ4n) is 7.37. The molecule has 224 valence electrons. The molecule has 9 rings (SSSR count). The van der Waals surface area contributed by atoms with E-state index in [1.165, 1.54) is 80.7 Å². The van der Waals surface area contributed by atoms with Crippen LogP contribution in [0, 0.1) is 0 Å². The van der Waals surface area contributed by atoms with Gasteiger partial charge in [0.1, 0.15) is 0 Å². The molecule has 1 heteroatoms. The summed E-state index contributed by atoms with van der Waals surface area (Å²) in [5, 5.41) is 10.0. The second-order valence-corrected chi connectivity index (χ2v) is 14.7. The van der Waals surface area contributed by atoms with E-state index < -0.39 is 0 Å². The van der Waals surface area contributed by atoms with E-state index in [4.69, 9.17) is 1.37 Å². The number of hydrogen-bond acceptors (Lipinski definition) is 1. The zero-order chi connectivity index (χ0) is 32.6. The van der Waals surface area contributed by atoms with Crippen LogP contribution in [-0.4, -0.2) is 0 Å². The predicted octanol–water partition coefficient (Wildman–Crippen LogP) is 13.8. The Morgan fingerprint density at radius 3 is 1.83 bits per heavy atom. The van der Waals surface area contributed by atoms with Gasteiger partial charge in [0.05, 0.1) is 1.37 Å². The lowest BCUT2D eigenvalue weighted by Gasteiger charge is -2.19. The largest absolute Gasteiger partial charge is 0.135 e. The molecule has 0 amide bonds. The van der Waals surface area contributed by atoms with Crippen molar-refractivity contribution in [3.8, 4) is 33.4 Å². The summed E-state index contributed by atoms with van der Waals surface area (Å²) in [6.07, 6.45) is 0. The molecule has 0 spiro atoms. The zero-order valence-corrected chi connectivity index (χ0v) is 27.6. The minimum Gasteiger partial charge on any atom is -0.135 e.